The van der Waals surface area contributed by atoms with Crippen LogP contribution in [0, 0.1) is 10.1 Å². The van der Waals surface area contributed by atoms with Crippen molar-refractivity contribution >= 4 is 36.0 Å². The van der Waals surface area contributed by atoms with Gasteiger partial charge in [-0.2, -0.15) is 20.1 Å². The number of hydrazone groups is 1. The van der Waals surface area contributed by atoms with Crippen molar-refractivity contribution < 1.29 is 9.34 Å². The quantitative estimate of drug-likeness (QED) is 0.371. The number of nitro groups is 1. The molecular formula is C22H30N8O3. The van der Waals surface area contributed by atoms with Crippen LogP contribution in [0.3, 0.4) is 0 Å². The Balaban J connectivity index is 1.48. The molecule has 176 valence electrons. The van der Waals surface area contributed by atoms with Gasteiger partial charge < -0.3 is 14.2 Å². The molecule has 0 spiro atoms. The summed E-state index contributed by atoms with van der Waals surface area (Å²) in [7, 11) is 0. The van der Waals surface area contributed by atoms with E-state index < -0.39 is 4.92 Å². The van der Waals surface area contributed by atoms with Crippen molar-refractivity contribution in [1.29, 1.82) is 0 Å². The van der Waals surface area contributed by atoms with Crippen molar-refractivity contribution in [2.75, 3.05) is 41.4 Å². The molecular weight excluding hydrogens is 424 g/mol. The molecule has 2 saturated heterocycles. The molecule has 11 nitrogen and oxygen atoms in total. The number of aromatic nitrogens is 3. The van der Waals surface area contributed by atoms with Crippen LogP contribution in [0.1, 0.15) is 57.1 Å². The molecule has 0 saturated carbocycles. The zero-order valence-corrected chi connectivity index (χ0v) is 18.7. The molecule has 2 aliphatic rings. The van der Waals surface area contributed by atoms with Gasteiger partial charge in [-0.05, 0) is 43.9 Å². The summed E-state index contributed by atoms with van der Waals surface area (Å²) in [6, 6.07) is 2.84. The summed E-state index contributed by atoms with van der Waals surface area (Å²) < 4.78 is 5.08. The number of hydrogen-bond donors (Lipinski definition) is 1. The molecule has 4 heterocycles. The Kier molecular flexibility index (Phi) is 7.83. The minimum atomic E-state index is -0.572. The summed E-state index contributed by atoms with van der Waals surface area (Å²) in [4.78, 5) is 28.7. The maximum Gasteiger partial charge on any atom is 0.433 e. The van der Waals surface area contributed by atoms with Crippen LogP contribution in [-0.2, 0) is 0 Å². The Hall–Kier alpha value is -3.50. The fourth-order valence-corrected chi connectivity index (χ4v) is 4.03. The second-order valence-corrected chi connectivity index (χ2v) is 8.24. The molecule has 0 radical (unpaired) electrons. The van der Waals surface area contributed by atoms with Crippen molar-refractivity contribution in [3.8, 4) is 0 Å². The molecule has 4 rings (SSSR count). The van der Waals surface area contributed by atoms with Crippen LogP contribution in [0.4, 0.5) is 23.7 Å². The number of rotatable bonds is 7. The maximum absolute atomic E-state index is 10.7. The third-order valence-corrected chi connectivity index (χ3v) is 5.77. The third kappa shape index (κ3) is 6.50. The number of furan rings is 1. The first-order valence-corrected chi connectivity index (χ1v) is 11.6. The van der Waals surface area contributed by atoms with Crippen molar-refractivity contribution in [3.63, 3.8) is 0 Å². The van der Waals surface area contributed by atoms with Crippen molar-refractivity contribution in [2.24, 2.45) is 5.10 Å². The van der Waals surface area contributed by atoms with E-state index in [1.54, 1.807) is 12.2 Å². The largest absolute Gasteiger partial charge is 0.433 e. The van der Waals surface area contributed by atoms with Crippen LogP contribution >= 0.6 is 0 Å². The second kappa shape index (κ2) is 11.4. The number of nitrogens with zero attached hydrogens (tertiary/aromatic N) is 7. The van der Waals surface area contributed by atoms with Gasteiger partial charge in [0.1, 0.15) is 10.7 Å². The molecule has 0 amide bonds. The lowest BCUT2D eigenvalue weighted by Crippen LogP contribution is -2.30. The molecule has 0 aliphatic carbocycles. The van der Waals surface area contributed by atoms with Crippen molar-refractivity contribution in [2.45, 2.75) is 51.4 Å². The molecule has 0 unspecified atom stereocenters. The highest BCUT2D eigenvalue weighted by molar-refractivity contribution is 5.78. The van der Waals surface area contributed by atoms with Crippen LogP contribution in [0.5, 0.6) is 0 Å². The summed E-state index contributed by atoms with van der Waals surface area (Å²) in [5.41, 5.74) is 2.91. The predicted octanol–water partition coefficient (Wildman–Crippen LogP) is 4.24. The fraction of sp³-hybridized carbons (Fsp3) is 0.545. The highest BCUT2D eigenvalue weighted by Crippen LogP contribution is 2.22. The molecule has 2 aromatic rings. The molecule has 2 aliphatic heterocycles. The second-order valence-electron chi connectivity index (χ2n) is 8.24. The SMILES string of the molecule is O=[N+]([O-])c1ccc(/C=C/C=N/Nc2nc(N3CCCCCC3)nc(N3CCCCCC3)n2)o1. The zero-order chi connectivity index (χ0) is 22.9. The van der Waals surface area contributed by atoms with E-state index in [0.717, 1.165) is 51.9 Å². The number of anilines is 3. The Morgan fingerprint density at radius 2 is 1.48 bits per heavy atom. The zero-order valence-electron chi connectivity index (χ0n) is 18.7. The lowest BCUT2D eigenvalue weighted by molar-refractivity contribution is -0.402. The first-order chi connectivity index (χ1) is 16.2. The summed E-state index contributed by atoms with van der Waals surface area (Å²) in [5.74, 6) is 1.88. The van der Waals surface area contributed by atoms with Crippen molar-refractivity contribution in [1.82, 2.24) is 15.0 Å². The number of nitrogens with one attached hydrogen (secondary N) is 1. The van der Waals surface area contributed by atoms with Crippen LogP contribution in [0.2, 0.25) is 0 Å². The average molecular weight is 455 g/mol. The highest BCUT2D eigenvalue weighted by Gasteiger charge is 2.19. The first kappa shape index (κ1) is 22.7. The van der Waals surface area contributed by atoms with Gasteiger partial charge in [0.2, 0.25) is 17.8 Å². The summed E-state index contributed by atoms with van der Waals surface area (Å²) in [6.07, 6.45) is 14.3. The van der Waals surface area contributed by atoms with Gasteiger partial charge >= 0.3 is 5.88 Å². The van der Waals surface area contributed by atoms with E-state index >= 15 is 0 Å². The number of allylic oxidation sites excluding steroid dienone is 1. The monoisotopic (exact) mass is 454 g/mol. The first-order valence-electron chi connectivity index (χ1n) is 11.6. The van der Waals surface area contributed by atoms with Gasteiger partial charge in [-0.3, -0.25) is 10.1 Å². The van der Waals surface area contributed by atoms with Crippen molar-refractivity contribution in [3.05, 3.63) is 34.1 Å². The molecule has 11 heteroatoms. The topological polar surface area (TPSA) is 126 Å². The third-order valence-electron chi connectivity index (χ3n) is 5.77. The summed E-state index contributed by atoms with van der Waals surface area (Å²) >= 11 is 0. The molecule has 0 bridgehead atoms. The molecule has 1 N–H and O–H groups in total. The van der Waals surface area contributed by atoms with Gasteiger partial charge in [0.25, 0.3) is 0 Å². The van der Waals surface area contributed by atoms with E-state index in [4.69, 9.17) is 9.40 Å². The average Bonchev–Trinajstić information content (AvgIpc) is 3.00. The molecule has 2 fully saturated rings. The van der Waals surface area contributed by atoms with Gasteiger partial charge in [0.05, 0.1) is 6.07 Å². The Morgan fingerprint density at radius 3 is 2.00 bits per heavy atom. The van der Waals surface area contributed by atoms with Gasteiger partial charge in [-0.15, -0.1) is 0 Å². The van der Waals surface area contributed by atoms with Crippen LogP contribution in [0.15, 0.2) is 27.7 Å². The lowest BCUT2D eigenvalue weighted by atomic mass is 10.2. The van der Waals surface area contributed by atoms with E-state index in [0.29, 0.717) is 23.6 Å². The fourth-order valence-electron chi connectivity index (χ4n) is 4.03. The van der Waals surface area contributed by atoms with Gasteiger partial charge in [-0.1, -0.05) is 25.7 Å². The van der Waals surface area contributed by atoms with E-state index in [2.05, 4.69) is 30.3 Å². The number of hydrogen-bond acceptors (Lipinski definition) is 10. The Labute approximate surface area is 192 Å². The standard InChI is InChI=1S/C22H30N8O3/c31-30(32)19-12-11-18(33-19)10-9-13-23-27-20-24-21(28-14-5-1-2-6-15-28)26-22(25-20)29-16-7-3-4-8-17-29/h9-13H,1-8,14-17H2,(H,24,25,26,27)/b10-9+,23-13+. The van der Waals surface area contributed by atoms with E-state index in [9.17, 15) is 10.1 Å². The van der Waals surface area contributed by atoms with Gasteiger partial charge in [0.15, 0.2) is 0 Å². The predicted molar refractivity (Wildman–Crippen MR) is 128 cm³/mol. The molecule has 0 aromatic carbocycles. The molecule has 0 atom stereocenters. The van der Waals surface area contributed by atoms with Crippen LogP contribution < -0.4 is 15.2 Å². The van der Waals surface area contributed by atoms with E-state index in [1.807, 2.05) is 0 Å². The van der Waals surface area contributed by atoms with E-state index in [-0.39, 0.29) is 5.88 Å². The van der Waals surface area contributed by atoms with E-state index in [1.165, 1.54) is 44.0 Å². The highest BCUT2D eigenvalue weighted by atomic mass is 16.6. The Morgan fingerprint density at radius 1 is 0.909 bits per heavy atom. The van der Waals surface area contributed by atoms with Crippen LogP contribution in [-0.4, -0.2) is 52.3 Å². The molecule has 2 aromatic heterocycles. The minimum absolute atomic E-state index is 0.294. The smallest absolute Gasteiger partial charge is 0.401 e. The summed E-state index contributed by atoms with van der Waals surface area (Å²) in [5, 5.41) is 14.9. The normalized spacial score (nSPS) is 17.9. The lowest BCUT2D eigenvalue weighted by Gasteiger charge is -2.24. The van der Waals surface area contributed by atoms with Crippen LogP contribution in [0.25, 0.3) is 6.08 Å². The van der Waals surface area contributed by atoms with Gasteiger partial charge in [0, 0.05) is 32.4 Å². The summed E-state index contributed by atoms with van der Waals surface area (Å²) in [6.45, 7) is 3.79. The maximum atomic E-state index is 10.7. The molecule has 33 heavy (non-hydrogen) atoms. The Bertz CT molecular complexity index is 936. The minimum Gasteiger partial charge on any atom is -0.401 e. The van der Waals surface area contributed by atoms with Gasteiger partial charge in [-0.25, -0.2) is 5.43 Å².